The summed E-state index contributed by atoms with van der Waals surface area (Å²) in [6.45, 7) is 2.85. The smallest absolute Gasteiger partial charge is 0.0914 e. The van der Waals surface area contributed by atoms with Crippen molar-refractivity contribution in [3.63, 3.8) is 0 Å². The summed E-state index contributed by atoms with van der Waals surface area (Å²) in [6.07, 6.45) is 6.29. The summed E-state index contributed by atoms with van der Waals surface area (Å²) in [5, 5.41) is 14.3. The predicted molar refractivity (Wildman–Crippen MR) is 80.5 cm³/mol. The fourth-order valence-electron chi connectivity index (χ4n) is 2.90. The summed E-state index contributed by atoms with van der Waals surface area (Å²) in [7, 11) is 0. The molecule has 1 fully saturated rings. The zero-order valence-electron chi connectivity index (χ0n) is 11.6. The van der Waals surface area contributed by atoms with Crippen LogP contribution in [0.2, 0.25) is 5.02 Å². The highest BCUT2D eigenvalue weighted by molar-refractivity contribution is 6.30. The molecule has 0 aromatic heterocycles. The van der Waals surface area contributed by atoms with Gasteiger partial charge in [-0.05, 0) is 43.4 Å². The molecule has 1 aromatic carbocycles. The van der Waals surface area contributed by atoms with Crippen LogP contribution >= 0.6 is 11.6 Å². The van der Waals surface area contributed by atoms with Crippen LogP contribution in [-0.4, -0.2) is 17.7 Å². The van der Waals surface area contributed by atoms with Crippen molar-refractivity contribution in [2.24, 2.45) is 5.92 Å². The topological polar surface area (TPSA) is 32.3 Å². The molecule has 2 N–H and O–H groups in total. The van der Waals surface area contributed by atoms with Crippen LogP contribution in [0.15, 0.2) is 24.3 Å². The van der Waals surface area contributed by atoms with E-state index in [1.165, 1.54) is 32.1 Å². The van der Waals surface area contributed by atoms with Gasteiger partial charge in [-0.2, -0.15) is 0 Å². The van der Waals surface area contributed by atoms with Gasteiger partial charge in [0.15, 0.2) is 0 Å². The van der Waals surface area contributed by atoms with Crippen LogP contribution in [0, 0.1) is 5.92 Å². The average molecular weight is 282 g/mol. The standard InChI is InChI=1S/C16H24ClNO/c1-12(13-5-3-2-4-6-13)18-11-16(19)14-7-9-15(17)10-8-14/h7-10,12-13,16,18-19H,2-6,11H2,1H3. The molecule has 0 heterocycles. The predicted octanol–water partition coefficient (Wildman–Crippen LogP) is 3.93. The molecular formula is C16H24ClNO. The molecule has 2 nitrogen and oxygen atoms in total. The highest BCUT2D eigenvalue weighted by atomic mass is 35.5. The molecule has 0 radical (unpaired) electrons. The first kappa shape index (κ1) is 14.8. The van der Waals surface area contributed by atoms with Crippen molar-refractivity contribution in [2.45, 2.75) is 51.2 Å². The van der Waals surface area contributed by atoms with E-state index in [0.29, 0.717) is 17.6 Å². The number of nitrogens with one attached hydrogen (secondary N) is 1. The van der Waals surface area contributed by atoms with E-state index in [2.05, 4.69) is 12.2 Å². The number of hydrogen-bond acceptors (Lipinski definition) is 2. The van der Waals surface area contributed by atoms with Gasteiger partial charge in [0.05, 0.1) is 6.10 Å². The normalized spacial score (nSPS) is 20.2. The van der Waals surface area contributed by atoms with Gasteiger partial charge in [0.25, 0.3) is 0 Å². The van der Waals surface area contributed by atoms with E-state index in [9.17, 15) is 5.11 Å². The Bertz CT molecular complexity index is 373. The molecule has 0 aliphatic heterocycles. The number of benzene rings is 1. The molecule has 2 atom stereocenters. The van der Waals surface area contributed by atoms with Gasteiger partial charge < -0.3 is 10.4 Å². The maximum absolute atomic E-state index is 10.2. The second-order valence-electron chi connectivity index (χ2n) is 5.66. The summed E-state index contributed by atoms with van der Waals surface area (Å²) in [6, 6.07) is 7.91. The molecule has 106 valence electrons. The highest BCUT2D eigenvalue weighted by Crippen LogP contribution is 2.26. The van der Waals surface area contributed by atoms with E-state index < -0.39 is 6.10 Å². The lowest BCUT2D eigenvalue weighted by atomic mass is 9.84. The Morgan fingerprint density at radius 3 is 2.47 bits per heavy atom. The van der Waals surface area contributed by atoms with Gasteiger partial charge >= 0.3 is 0 Å². The molecular weight excluding hydrogens is 258 g/mol. The van der Waals surface area contributed by atoms with E-state index in [1.807, 2.05) is 24.3 Å². The fraction of sp³-hybridized carbons (Fsp3) is 0.625. The van der Waals surface area contributed by atoms with Crippen LogP contribution in [0.3, 0.4) is 0 Å². The lowest BCUT2D eigenvalue weighted by molar-refractivity contribution is 0.161. The number of hydrogen-bond donors (Lipinski definition) is 2. The van der Waals surface area contributed by atoms with Gasteiger partial charge in [-0.3, -0.25) is 0 Å². The Balaban J connectivity index is 1.79. The van der Waals surface area contributed by atoms with Crippen molar-refractivity contribution in [2.75, 3.05) is 6.54 Å². The molecule has 1 saturated carbocycles. The SMILES string of the molecule is CC(NCC(O)c1ccc(Cl)cc1)C1CCCCC1. The van der Waals surface area contributed by atoms with Crippen LogP contribution in [0.25, 0.3) is 0 Å². The Labute approximate surface area is 121 Å². The third-order valence-corrected chi connectivity index (χ3v) is 4.50. The van der Waals surface area contributed by atoms with Crippen molar-refractivity contribution in [1.29, 1.82) is 0 Å². The van der Waals surface area contributed by atoms with Crippen LogP contribution in [0.4, 0.5) is 0 Å². The number of halogens is 1. The molecule has 0 bridgehead atoms. The quantitative estimate of drug-likeness (QED) is 0.857. The highest BCUT2D eigenvalue weighted by Gasteiger charge is 2.20. The Morgan fingerprint density at radius 2 is 1.84 bits per heavy atom. The Morgan fingerprint density at radius 1 is 1.21 bits per heavy atom. The second-order valence-corrected chi connectivity index (χ2v) is 6.10. The van der Waals surface area contributed by atoms with E-state index in [4.69, 9.17) is 11.6 Å². The molecule has 0 spiro atoms. The lowest BCUT2D eigenvalue weighted by Crippen LogP contribution is -2.37. The summed E-state index contributed by atoms with van der Waals surface area (Å²) in [5.41, 5.74) is 0.924. The number of aliphatic hydroxyl groups is 1. The minimum Gasteiger partial charge on any atom is -0.387 e. The zero-order valence-corrected chi connectivity index (χ0v) is 12.4. The van der Waals surface area contributed by atoms with Gasteiger partial charge in [0, 0.05) is 17.6 Å². The molecule has 1 aromatic rings. The minimum absolute atomic E-state index is 0.455. The van der Waals surface area contributed by atoms with Crippen molar-refractivity contribution in [3.05, 3.63) is 34.9 Å². The maximum atomic E-state index is 10.2. The van der Waals surface area contributed by atoms with Crippen molar-refractivity contribution in [3.8, 4) is 0 Å². The first-order chi connectivity index (χ1) is 9.16. The lowest BCUT2D eigenvalue weighted by Gasteiger charge is -2.29. The van der Waals surface area contributed by atoms with Crippen LogP contribution in [0.1, 0.15) is 50.7 Å². The molecule has 2 unspecified atom stereocenters. The third-order valence-electron chi connectivity index (χ3n) is 4.24. The summed E-state index contributed by atoms with van der Waals surface area (Å²) in [4.78, 5) is 0. The third kappa shape index (κ3) is 4.48. The fourth-order valence-corrected chi connectivity index (χ4v) is 3.03. The van der Waals surface area contributed by atoms with E-state index >= 15 is 0 Å². The van der Waals surface area contributed by atoms with E-state index in [1.54, 1.807) is 0 Å². The van der Waals surface area contributed by atoms with Gasteiger partial charge in [-0.1, -0.05) is 43.0 Å². The van der Waals surface area contributed by atoms with E-state index in [0.717, 1.165) is 11.5 Å². The molecule has 19 heavy (non-hydrogen) atoms. The molecule has 2 rings (SSSR count). The molecule has 1 aliphatic carbocycles. The first-order valence-corrected chi connectivity index (χ1v) is 7.71. The average Bonchev–Trinajstić information content (AvgIpc) is 2.46. The van der Waals surface area contributed by atoms with Crippen LogP contribution < -0.4 is 5.32 Å². The second kappa shape index (κ2) is 7.28. The van der Waals surface area contributed by atoms with Gasteiger partial charge in [0.1, 0.15) is 0 Å². The van der Waals surface area contributed by atoms with Gasteiger partial charge in [0.2, 0.25) is 0 Å². The number of rotatable bonds is 5. The first-order valence-electron chi connectivity index (χ1n) is 7.33. The Hall–Kier alpha value is -0.570. The van der Waals surface area contributed by atoms with Crippen LogP contribution in [-0.2, 0) is 0 Å². The molecule has 0 amide bonds. The monoisotopic (exact) mass is 281 g/mol. The maximum Gasteiger partial charge on any atom is 0.0914 e. The van der Waals surface area contributed by atoms with Crippen molar-refractivity contribution < 1.29 is 5.11 Å². The van der Waals surface area contributed by atoms with E-state index in [-0.39, 0.29) is 0 Å². The van der Waals surface area contributed by atoms with Crippen molar-refractivity contribution >= 4 is 11.6 Å². The van der Waals surface area contributed by atoms with Crippen molar-refractivity contribution in [1.82, 2.24) is 5.32 Å². The minimum atomic E-state index is -0.455. The van der Waals surface area contributed by atoms with Gasteiger partial charge in [-0.15, -0.1) is 0 Å². The molecule has 1 aliphatic rings. The summed E-state index contributed by atoms with van der Waals surface area (Å²) >= 11 is 5.85. The van der Waals surface area contributed by atoms with Crippen LogP contribution in [0.5, 0.6) is 0 Å². The largest absolute Gasteiger partial charge is 0.387 e. The number of aliphatic hydroxyl groups excluding tert-OH is 1. The Kier molecular flexibility index (Phi) is 5.68. The molecule has 3 heteroatoms. The zero-order chi connectivity index (χ0) is 13.7. The van der Waals surface area contributed by atoms with Gasteiger partial charge in [-0.25, -0.2) is 0 Å². The molecule has 0 saturated heterocycles. The summed E-state index contributed by atoms with van der Waals surface area (Å²) in [5.74, 6) is 0.770. The summed E-state index contributed by atoms with van der Waals surface area (Å²) < 4.78 is 0.